The molecule has 0 bridgehead atoms. The van der Waals surface area contributed by atoms with Gasteiger partial charge in [0.15, 0.2) is 0 Å². The fraction of sp³-hybridized carbons (Fsp3) is 0.353. The zero-order chi connectivity index (χ0) is 18.4. The van der Waals surface area contributed by atoms with Gasteiger partial charge in [0, 0.05) is 11.8 Å². The average Bonchev–Trinajstić information content (AvgIpc) is 3.37. The van der Waals surface area contributed by atoms with E-state index in [1.54, 1.807) is 29.8 Å². The number of benzene rings is 1. The van der Waals surface area contributed by atoms with Crippen molar-refractivity contribution < 1.29 is 14.3 Å². The summed E-state index contributed by atoms with van der Waals surface area (Å²) in [6, 6.07) is 7.56. The topological polar surface area (TPSA) is 99.0 Å². The van der Waals surface area contributed by atoms with Crippen LogP contribution in [-0.4, -0.2) is 44.4 Å². The fourth-order valence-corrected chi connectivity index (χ4v) is 2.93. The Labute approximate surface area is 155 Å². The molecular weight excluding hydrogens is 354 g/mol. The highest BCUT2D eigenvalue weighted by Gasteiger charge is 2.28. The van der Waals surface area contributed by atoms with E-state index in [4.69, 9.17) is 4.74 Å². The highest BCUT2D eigenvalue weighted by molar-refractivity contribution is 7.99. The summed E-state index contributed by atoms with van der Waals surface area (Å²) in [5, 5.41) is 15.1. The van der Waals surface area contributed by atoms with Crippen LogP contribution in [0.5, 0.6) is 0 Å². The summed E-state index contributed by atoms with van der Waals surface area (Å²) in [5.74, 6) is -0.275. The van der Waals surface area contributed by atoms with Crippen molar-refractivity contribution in [3.05, 3.63) is 35.9 Å². The number of amides is 1. The molecule has 1 aliphatic rings. The van der Waals surface area contributed by atoms with E-state index in [-0.39, 0.29) is 17.6 Å². The molecule has 9 heteroatoms. The Bertz CT molecular complexity index is 799. The molecule has 1 heterocycles. The van der Waals surface area contributed by atoms with E-state index in [9.17, 15) is 9.59 Å². The summed E-state index contributed by atoms with van der Waals surface area (Å²) in [5.41, 5.74) is 1.53. The second-order valence-electron chi connectivity index (χ2n) is 5.68. The van der Waals surface area contributed by atoms with Gasteiger partial charge in [0.1, 0.15) is 0 Å². The molecule has 2 aromatic rings. The van der Waals surface area contributed by atoms with E-state index < -0.39 is 0 Å². The lowest BCUT2D eigenvalue weighted by Gasteiger charge is -2.05. The standard InChI is InChI=1S/C17H19N5O3S/c1-2-25-16(24)10-5-12-3-6-13(7-4-12)18-15(23)11-26-17-19-20-21-22(17)14-8-9-14/h3-7,10,14H,2,8-9,11H2,1H3,(H,18,23)/b10-5+. The van der Waals surface area contributed by atoms with E-state index in [0.717, 1.165) is 18.4 Å². The predicted molar refractivity (Wildman–Crippen MR) is 97.6 cm³/mol. The lowest BCUT2D eigenvalue weighted by Crippen LogP contribution is -2.14. The molecule has 1 aromatic carbocycles. The maximum absolute atomic E-state index is 12.1. The van der Waals surface area contributed by atoms with Crippen LogP contribution < -0.4 is 5.32 Å². The van der Waals surface area contributed by atoms with Gasteiger partial charge in [-0.05, 0) is 54.0 Å². The first-order valence-corrected chi connectivity index (χ1v) is 9.29. The van der Waals surface area contributed by atoms with E-state index in [0.29, 0.717) is 23.5 Å². The van der Waals surface area contributed by atoms with Crippen LogP contribution in [0.25, 0.3) is 6.08 Å². The minimum absolute atomic E-state index is 0.129. The Hall–Kier alpha value is -2.68. The molecule has 1 amide bonds. The first-order chi connectivity index (χ1) is 12.7. The minimum atomic E-state index is -0.379. The van der Waals surface area contributed by atoms with Crippen LogP contribution in [0.3, 0.4) is 0 Å². The number of hydrogen-bond donors (Lipinski definition) is 1. The number of nitrogens with one attached hydrogen (secondary N) is 1. The maximum Gasteiger partial charge on any atom is 0.330 e. The summed E-state index contributed by atoms with van der Waals surface area (Å²) in [6.45, 7) is 2.10. The van der Waals surface area contributed by atoms with Gasteiger partial charge in [0.05, 0.1) is 18.4 Å². The van der Waals surface area contributed by atoms with Crippen molar-refractivity contribution in [3.8, 4) is 0 Å². The number of tetrazole rings is 1. The van der Waals surface area contributed by atoms with Crippen LogP contribution in [0.1, 0.15) is 31.4 Å². The predicted octanol–water partition coefficient (Wildman–Crippen LogP) is 2.32. The van der Waals surface area contributed by atoms with Crippen molar-refractivity contribution in [2.75, 3.05) is 17.7 Å². The molecule has 1 fully saturated rings. The third-order valence-corrected chi connectivity index (χ3v) is 4.51. The fourth-order valence-electron chi connectivity index (χ4n) is 2.19. The normalized spacial score (nSPS) is 13.7. The molecule has 0 spiro atoms. The molecular formula is C17H19N5O3S. The van der Waals surface area contributed by atoms with Crippen LogP contribution in [0.4, 0.5) is 5.69 Å². The highest BCUT2D eigenvalue weighted by atomic mass is 32.2. The van der Waals surface area contributed by atoms with Crippen molar-refractivity contribution in [2.45, 2.75) is 31.0 Å². The average molecular weight is 373 g/mol. The number of aromatic nitrogens is 4. The van der Waals surface area contributed by atoms with Crippen molar-refractivity contribution in [2.24, 2.45) is 0 Å². The van der Waals surface area contributed by atoms with Gasteiger partial charge in [0.25, 0.3) is 0 Å². The Kier molecular flexibility index (Phi) is 6.00. The molecule has 0 saturated heterocycles. The van der Waals surface area contributed by atoms with Gasteiger partial charge in [-0.2, -0.15) is 0 Å². The van der Waals surface area contributed by atoms with Crippen LogP contribution in [0.2, 0.25) is 0 Å². The Balaban J connectivity index is 1.48. The second-order valence-corrected chi connectivity index (χ2v) is 6.62. The number of thioether (sulfide) groups is 1. The molecule has 0 radical (unpaired) electrons. The van der Waals surface area contributed by atoms with Crippen LogP contribution in [0.15, 0.2) is 35.5 Å². The number of carbonyl (C=O) groups is 2. The highest BCUT2D eigenvalue weighted by Crippen LogP contribution is 2.36. The van der Waals surface area contributed by atoms with E-state index in [1.807, 2.05) is 12.1 Å². The van der Waals surface area contributed by atoms with Crippen molar-refractivity contribution >= 4 is 35.4 Å². The third-order valence-electron chi connectivity index (χ3n) is 3.58. The molecule has 1 aliphatic carbocycles. The minimum Gasteiger partial charge on any atom is -0.463 e. The Morgan fingerprint density at radius 2 is 2.12 bits per heavy atom. The van der Waals surface area contributed by atoms with Gasteiger partial charge in [-0.15, -0.1) is 5.10 Å². The lowest BCUT2D eigenvalue weighted by atomic mass is 10.2. The van der Waals surface area contributed by atoms with Gasteiger partial charge in [-0.3, -0.25) is 4.79 Å². The molecule has 0 atom stereocenters. The van der Waals surface area contributed by atoms with E-state index in [1.165, 1.54) is 17.8 Å². The number of hydrogen-bond acceptors (Lipinski definition) is 7. The smallest absolute Gasteiger partial charge is 0.330 e. The molecule has 0 aliphatic heterocycles. The molecule has 3 rings (SSSR count). The maximum atomic E-state index is 12.1. The zero-order valence-corrected chi connectivity index (χ0v) is 15.1. The molecule has 1 N–H and O–H groups in total. The van der Waals surface area contributed by atoms with Gasteiger partial charge >= 0.3 is 5.97 Å². The molecule has 0 unspecified atom stereocenters. The van der Waals surface area contributed by atoms with E-state index in [2.05, 4.69) is 20.8 Å². The lowest BCUT2D eigenvalue weighted by molar-refractivity contribution is -0.137. The summed E-state index contributed by atoms with van der Waals surface area (Å²) < 4.78 is 6.60. The van der Waals surface area contributed by atoms with Crippen LogP contribution >= 0.6 is 11.8 Å². The number of nitrogens with zero attached hydrogens (tertiary/aromatic N) is 4. The van der Waals surface area contributed by atoms with Gasteiger partial charge in [-0.25, -0.2) is 9.48 Å². The van der Waals surface area contributed by atoms with Gasteiger partial charge in [-0.1, -0.05) is 23.9 Å². The third kappa shape index (κ3) is 5.16. The monoisotopic (exact) mass is 373 g/mol. The van der Waals surface area contributed by atoms with Crippen LogP contribution in [-0.2, 0) is 14.3 Å². The quantitative estimate of drug-likeness (QED) is 0.431. The molecule has 1 saturated carbocycles. The van der Waals surface area contributed by atoms with E-state index >= 15 is 0 Å². The molecule has 1 aromatic heterocycles. The molecule has 26 heavy (non-hydrogen) atoms. The largest absolute Gasteiger partial charge is 0.463 e. The first kappa shape index (κ1) is 18.1. The number of carbonyl (C=O) groups excluding carboxylic acids is 2. The Morgan fingerprint density at radius 1 is 1.35 bits per heavy atom. The summed E-state index contributed by atoms with van der Waals surface area (Å²) in [7, 11) is 0. The second kappa shape index (κ2) is 8.61. The SMILES string of the molecule is CCOC(=O)/C=C/c1ccc(NC(=O)CSc2nnnn2C2CC2)cc1. The zero-order valence-electron chi connectivity index (χ0n) is 14.3. The van der Waals surface area contributed by atoms with Gasteiger partial charge in [0.2, 0.25) is 11.1 Å². The van der Waals surface area contributed by atoms with Crippen LogP contribution in [0, 0.1) is 0 Å². The number of anilines is 1. The number of rotatable bonds is 8. The number of esters is 1. The van der Waals surface area contributed by atoms with Crippen molar-refractivity contribution in [3.63, 3.8) is 0 Å². The van der Waals surface area contributed by atoms with Crippen molar-refractivity contribution in [1.82, 2.24) is 20.2 Å². The summed E-state index contributed by atoms with van der Waals surface area (Å²) in [4.78, 5) is 23.4. The summed E-state index contributed by atoms with van der Waals surface area (Å²) >= 11 is 1.32. The molecule has 136 valence electrons. The number of ether oxygens (including phenoxy) is 1. The first-order valence-electron chi connectivity index (χ1n) is 8.31. The van der Waals surface area contributed by atoms with Gasteiger partial charge < -0.3 is 10.1 Å². The molecule has 8 nitrogen and oxygen atoms in total. The van der Waals surface area contributed by atoms with Crippen molar-refractivity contribution in [1.29, 1.82) is 0 Å². The Morgan fingerprint density at radius 3 is 2.81 bits per heavy atom. The summed E-state index contributed by atoms with van der Waals surface area (Å²) in [6.07, 6.45) is 5.21.